The fraction of sp³-hybridized carbons (Fsp3) is 0.286. The maximum Gasteiger partial charge on any atom is 0.411 e. The van der Waals surface area contributed by atoms with Crippen LogP contribution in [0.15, 0.2) is 48.5 Å². The first-order valence-corrected chi connectivity index (χ1v) is 9.12. The van der Waals surface area contributed by atoms with E-state index in [1.165, 1.54) is 24.3 Å². The topological polar surface area (TPSA) is 134 Å². The normalized spacial score (nSPS) is 10.8. The van der Waals surface area contributed by atoms with Crippen LogP contribution in [-0.2, 0) is 14.3 Å². The van der Waals surface area contributed by atoms with Crippen molar-refractivity contribution < 1.29 is 28.6 Å². The Morgan fingerprint density at radius 2 is 1.13 bits per heavy atom. The number of nitrogen functional groups attached to an aromatic ring is 2. The van der Waals surface area contributed by atoms with Gasteiger partial charge in [0.1, 0.15) is 30.2 Å². The third kappa shape index (κ3) is 7.70. The van der Waals surface area contributed by atoms with Crippen molar-refractivity contribution in [2.75, 3.05) is 24.6 Å². The van der Waals surface area contributed by atoms with Crippen molar-refractivity contribution in [3.63, 3.8) is 0 Å². The first-order chi connectivity index (χ1) is 14.0. The molecule has 0 aliphatic rings. The van der Waals surface area contributed by atoms with E-state index in [1.807, 2.05) is 0 Å². The predicted octanol–water partition coefficient (Wildman–Crippen LogP) is 2.60. The third-order valence-corrected chi connectivity index (χ3v) is 3.52. The van der Waals surface area contributed by atoms with E-state index in [2.05, 4.69) is 0 Å². The Labute approximate surface area is 174 Å². The second-order valence-corrected chi connectivity index (χ2v) is 7.42. The molecule has 0 aliphatic carbocycles. The molecule has 9 nitrogen and oxygen atoms in total. The van der Waals surface area contributed by atoms with E-state index in [0.717, 1.165) is 4.90 Å². The molecule has 0 spiro atoms. The lowest BCUT2D eigenvalue weighted by Crippen LogP contribution is -2.44. The molecule has 0 saturated heterocycles. The number of nitrogens with zero attached hydrogens (tertiary/aromatic N) is 1. The zero-order chi connectivity index (χ0) is 22.3. The molecule has 0 aromatic heterocycles. The van der Waals surface area contributed by atoms with Gasteiger partial charge in [0.15, 0.2) is 0 Å². The number of nitrogens with two attached hydrogens (primary N) is 2. The fourth-order valence-corrected chi connectivity index (χ4v) is 2.22. The summed E-state index contributed by atoms with van der Waals surface area (Å²) in [6.07, 6.45) is -0.856. The molecule has 2 aromatic carbocycles. The number of amides is 1. The number of benzene rings is 2. The standard InChI is InChI=1S/C21H25N3O6/c1-21(2,3)30-20(27)24(12-18(25)28-16-8-4-14(22)5-9-16)13-19(26)29-17-10-6-15(23)7-11-17/h4-11H,12-13,22-23H2,1-3H3. The fourth-order valence-electron chi connectivity index (χ4n) is 2.22. The predicted molar refractivity (Wildman–Crippen MR) is 111 cm³/mol. The highest BCUT2D eigenvalue weighted by atomic mass is 16.6. The van der Waals surface area contributed by atoms with Crippen LogP contribution in [0.2, 0.25) is 0 Å². The number of hydrogen-bond donors (Lipinski definition) is 2. The molecule has 0 bridgehead atoms. The van der Waals surface area contributed by atoms with Crippen molar-refractivity contribution in [2.24, 2.45) is 0 Å². The molecule has 0 aliphatic heterocycles. The van der Waals surface area contributed by atoms with Crippen molar-refractivity contribution >= 4 is 29.4 Å². The van der Waals surface area contributed by atoms with Crippen LogP contribution in [0, 0.1) is 0 Å². The molecule has 4 N–H and O–H groups in total. The lowest BCUT2D eigenvalue weighted by Gasteiger charge is -2.26. The van der Waals surface area contributed by atoms with Crippen molar-refractivity contribution in [3.05, 3.63) is 48.5 Å². The van der Waals surface area contributed by atoms with Crippen molar-refractivity contribution in [1.82, 2.24) is 4.90 Å². The second kappa shape index (κ2) is 9.64. The quantitative estimate of drug-likeness (QED) is 0.418. The molecule has 2 aromatic rings. The molecular weight excluding hydrogens is 390 g/mol. The smallest absolute Gasteiger partial charge is 0.411 e. The summed E-state index contributed by atoms with van der Waals surface area (Å²) in [5.41, 5.74) is 11.4. The highest BCUT2D eigenvalue weighted by molar-refractivity contribution is 5.84. The van der Waals surface area contributed by atoms with Crippen LogP contribution in [-0.4, -0.2) is 41.6 Å². The van der Waals surface area contributed by atoms with Gasteiger partial charge in [-0.05, 0) is 69.3 Å². The average molecular weight is 415 g/mol. The minimum Gasteiger partial charge on any atom is -0.444 e. The Morgan fingerprint density at radius 1 is 0.767 bits per heavy atom. The Morgan fingerprint density at radius 3 is 1.47 bits per heavy atom. The van der Waals surface area contributed by atoms with E-state index in [1.54, 1.807) is 45.0 Å². The molecule has 9 heteroatoms. The summed E-state index contributed by atoms with van der Waals surface area (Å²) in [6, 6.07) is 12.3. The average Bonchev–Trinajstić information content (AvgIpc) is 2.63. The summed E-state index contributed by atoms with van der Waals surface area (Å²) >= 11 is 0. The summed E-state index contributed by atoms with van der Waals surface area (Å²) in [6.45, 7) is 3.97. The highest BCUT2D eigenvalue weighted by Gasteiger charge is 2.27. The van der Waals surface area contributed by atoms with Crippen molar-refractivity contribution in [2.45, 2.75) is 26.4 Å². The van der Waals surface area contributed by atoms with Crippen LogP contribution in [0.5, 0.6) is 11.5 Å². The number of carbonyl (C=O) groups is 3. The maximum absolute atomic E-state index is 12.5. The Kier molecular flexibility index (Phi) is 7.24. The van der Waals surface area contributed by atoms with Gasteiger partial charge < -0.3 is 25.7 Å². The molecular formula is C21H25N3O6. The van der Waals surface area contributed by atoms with Gasteiger partial charge in [0.2, 0.25) is 0 Å². The second-order valence-electron chi connectivity index (χ2n) is 7.42. The van der Waals surface area contributed by atoms with Crippen molar-refractivity contribution in [3.8, 4) is 11.5 Å². The largest absolute Gasteiger partial charge is 0.444 e. The molecule has 30 heavy (non-hydrogen) atoms. The first-order valence-electron chi connectivity index (χ1n) is 9.12. The van der Waals surface area contributed by atoms with E-state index in [9.17, 15) is 14.4 Å². The molecule has 0 radical (unpaired) electrons. The summed E-state index contributed by atoms with van der Waals surface area (Å²) in [7, 11) is 0. The summed E-state index contributed by atoms with van der Waals surface area (Å²) < 4.78 is 15.6. The Bertz CT molecular complexity index is 827. The summed E-state index contributed by atoms with van der Waals surface area (Å²) in [4.78, 5) is 38.0. The number of rotatable bonds is 6. The van der Waals surface area contributed by atoms with Gasteiger partial charge in [0, 0.05) is 11.4 Å². The Balaban J connectivity index is 2.05. The number of esters is 2. The molecule has 1 amide bonds. The lowest BCUT2D eigenvalue weighted by atomic mass is 10.2. The summed E-state index contributed by atoms with van der Waals surface area (Å²) in [5, 5.41) is 0. The molecule has 0 atom stereocenters. The van der Waals surface area contributed by atoms with Gasteiger partial charge in [0.25, 0.3) is 0 Å². The minimum absolute atomic E-state index is 0.253. The van der Waals surface area contributed by atoms with E-state index in [-0.39, 0.29) is 11.5 Å². The molecule has 0 saturated carbocycles. The van der Waals surface area contributed by atoms with Crippen LogP contribution in [0.4, 0.5) is 16.2 Å². The highest BCUT2D eigenvalue weighted by Crippen LogP contribution is 2.16. The van der Waals surface area contributed by atoms with Gasteiger partial charge in [-0.3, -0.25) is 4.90 Å². The van der Waals surface area contributed by atoms with Gasteiger partial charge in [-0.1, -0.05) is 0 Å². The van der Waals surface area contributed by atoms with Crippen LogP contribution in [0.25, 0.3) is 0 Å². The molecule has 160 valence electrons. The molecule has 2 rings (SSSR count). The van der Waals surface area contributed by atoms with E-state index in [0.29, 0.717) is 11.4 Å². The zero-order valence-corrected chi connectivity index (χ0v) is 17.1. The molecule has 0 unspecified atom stereocenters. The molecule has 0 heterocycles. The number of hydrogen-bond acceptors (Lipinski definition) is 8. The molecule has 0 fully saturated rings. The van der Waals surface area contributed by atoms with Crippen LogP contribution in [0.1, 0.15) is 20.8 Å². The van der Waals surface area contributed by atoms with Crippen LogP contribution >= 0.6 is 0 Å². The van der Waals surface area contributed by atoms with E-state index in [4.69, 9.17) is 25.7 Å². The monoisotopic (exact) mass is 415 g/mol. The van der Waals surface area contributed by atoms with Gasteiger partial charge in [-0.25, -0.2) is 14.4 Å². The van der Waals surface area contributed by atoms with Gasteiger partial charge in [-0.2, -0.15) is 0 Å². The minimum atomic E-state index is -0.856. The van der Waals surface area contributed by atoms with E-state index >= 15 is 0 Å². The Hall–Kier alpha value is -3.75. The number of anilines is 2. The number of ether oxygens (including phenoxy) is 3. The SMILES string of the molecule is CC(C)(C)OC(=O)N(CC(=O)Oc1ccc(N)cc1)CC(=O)Oc1ccc(N)cc1. The zero-order valence-electron chi connectivity index (χ0n) is 17.1. The van der Waals surface area contributed by atoms with Crippen molar-refractivity contribution in [1.29, 1.82) is 0 Å². The lowest BCUT2D eigenvalue weighted by molar-refractivity contribution is -0.139. The van der Waals surface area contributed by atoms with E-state index < -0.39 is 36.7 Å². The maximum atomic E-state index is 12.5. The van der Waals surface area contributed by atoms with Gasteiger partial charge >= 0.3 is 18.0 Å². The van der Waals surface area contributed by atoms with Gasteiger partial charge in [-0.15, -0.1) is 0 Å². The van der Waals surface area contributed by atoms with Gasteiger partial charge in [0.05, 0.1) is 0 Å². The number of carbonyl (C=O) groups excluding carboxylic acids is 3. The van der Waals surface area contributed by atoms with Crippen LogP contribution in [0.3, 0.4) is 0 Å². The summed E-state index contributed by atoms with van der Waals surface area (Å²) in [5.74, 6) is -1.01. The third-order valence-electron chi connectivity index (χ3n) is 3.52. The van der Waals surface area contributed by atoms with Crippen LogP contribution < -0.4 is 20.9 Å². The first kappa shape index (κ1) is 22.5.